The summed E-state index contributed by atoms with van der Waals surface area (Å²) in [6, 6.07) is 0. The molecule has 0 heterocycles. The third kappa shape index (κ3) is 62.7. The van der Waals surface area contributed by atoms with Crippen molar-refractivity contribution in [3.8, 4) is 0 Å². The van der Waals surface area contributed by atoms with Gasteiger partial charge in [0.15, 0.2) is 6.10 Å². The SMILES string of the molecule is CC/C=C\C/C=C\C/C=C\C/C=C\C/C=C\C/C=C\CCCCCCCCCCC(=O)OCC(COC(=O)CCCCCCC/C=C\C/C=C\CCCC)OC(=O)CCCCCCCCCCC/C=C\C/C=C\CCCCC. The number of rotatable bonds is 58. The van der Waals surface area contributed by atoms with E-state index in [-0.39, 0.29) is 31.1 Å². The molecule has 0 aliphatic heterocycles. The van der Waals surface area contributed by atoms with Crippen LogP contribution in [0.5, 0.6) is 0 Å². The second-order valence-corrected chi connectivity index (χ2v) is 21.3. The van der Waals surface area contributed by atoms with Crippen LogP contribution in [0, 0.1) is 0 Å². The molecule has 0 aliphatic rings. The van der Waals surface area contributed by atoms with Crippen molar-refractivity contribution < 1.29 is 28.6 Å². The summed E-state index contributed by atoms with van der Waals surface area (Å²) in [6.45, 7) is 6.45. The molecule has 0 aliphatic carbocycles. The largest absolute Gasteiger partial charge is 0.462 e. The van der Waals surface area contributed by atoms with Gasteiger partial charge in [0.1, 0.15) is 13.2 Å². The molecule has 0 saturated heterocycles. The van der Waals surface area contributed by atoms with Gasteiger partial charge in [0, 0.05) is 19.3 Å². The molecule has 444 valence electrons. The zero-order valence-electron chi connectivity index (χ0n) is 50.9. The Balaban J connectivity index is 4.37. The van der Waals surface area contributed by atoms with E-state index in [0.29, 0.717) is 19.3 Å². The van der Waals surface area contributed by atoms with Crippen molar-refractivity contribution in [2.75, 3.05) is 13.2 Å². The molecule has 0 spiro atoms. The third-order valence-corrected chi connectivity index (χ3v) is 13.7. The van der Waals surface area contributed by atoms with Gasteiger partial charge < -0.3 is 14.2 Å². The van der Waals surface area contributed by atoms with Crippen LogP contribution in [0.25, 0.3) is 0 Å². The molecule has 0 amide bonds. The van der Waals surface area contributed by atoms with Gasteiger partial charge >= 0.3 is 17.9 Å². The summed E-state index contributed by atoms with van der Waals surface area (Å²) in [5, 5.41) is 0. The van der Waals surface area contributed by atoms with Gasteiger partial charge in [-0.25, -0.2) is 0 Å². The molecular formula is C72H120O6. The zero-order chi connectivity index (χ0) is 56.4. The highest BCUT2D eigenvalue weighted by Crippen LogP contribution is 2.15. The van der Waals surface area contributed by atoms with Crippen LogP contribution in [0.3, 0.4) is 0 Å². The summed E-state index contributed by atoms with van der Waals surface area (Å²) < 4.78 is 16.9. The van der Waals surface area contributed by atoms with Crippen LogP contribution < -0.4 is 0 Å². The van der Waals surface area contributed by atoms with Crippen molar-refractivity contribution in [1.82, 2.24) is 0 Å². The molecule has 0 rings (SSSR count). The molecule has 0 aromatic carbocycles. The quantitative estimate of drug-likeness (QED) is 0.0261. The Labute approximate surface area is 482 Å². The molecule has 1 atom stereocenters. The predicted octanol–water partition coefficient (Wildman–Crippen LogP) is 22.4. The molecule has 6 heteroatoms. The summed E-state index contributed by atoms with van der Waals surface area (Å²) in [7, 11) is 0. The van der Waals surface area contributed by atoms with E-state index in [2.05, 4.69) is 142 Å². The summed E-state index contributed by atoms with van der Waals surface area (Å²) >= 11 is 0. The lowest BCUT2D eigenvalue weighted by Crippen LogP contribution is -2.30. The van der Waals surface area contributed by atoms with Crippen molar-refractivity contribution >= 4 is 17.9 Å². The van der Waals surface area contributed by atoms with Crippen molar-refractivity contribution in [2.24, 2.45) is 0 Å². The minimum absolute atomic E-state index is 0.0904. The minimum Gasteiger partial charge on any atom is -0.462 e. The minimum atomic E-state index is -0.794. The molecule has 0 saturated carbocycles. The van der Waals surface area contributed by atoms with Gasteiger partial charge in [0.05, 0.1) is 0 Å². The lowest BCUT2D eigenvalue weighted by Gasteiger charge is -2.18. The molecule has 0 bridgehead atoms. The van der Waals surface area contributed by atoms with Crippen LogP contribution in [0.4, 0.5) is 0 Å². The fourth-order valence-corrected chi connectivity index (χ4v) is 8.79. The van der Waals surface area contributed by atoms with Crippen LogP contribution in [-0.2, 0) is 28.6 Å². The van der Waals surface area contributed by atoms with Crippen LogP contribution in [-0.4, -0.2) is 37.2 Å². The highest BCUT2D eigenvalue weighted by atomic mass is 16.6. The molecular weight excluding hydrogens is 961 g/mol. The number of ether oxygens (including phenoxy) is 3. The maximum atomic E-state index is 12.9. The van der Waals surface area contributed by atoms with Crippen molar-refractivity contribution in [3.05, 3.63) is 122 Å². The normalized spacial score (nSPS) is 12.9. The number of allylic oxidation sites excluding steroid dienone is 20. The third-order valence-electron chi connectivity index (χ3n) is 13.7. The first-order chi connectivity index (χ1) is 38.5. The Bertz CT molecular complexity index is 1620. The van der Waals surface area contributed by atoms with Gasteiger partial charge in [-0.05, 0) is 128 Å². The molecule has 0 radical (unpaired) electrons. The first-order valence-electron chi connectivity index (χ1n) is 32.5. The van der Waals surface area contributed by atoms with Gasteiger partial charge in [-0.3, -0.25) is 14.4 Å². The van der Waals surface area contributed by atoms with Crippen molar-refractivity contribution in [1.29, 1.82) is 0 Å². The van der Waals surface area contributed by atoms with Crippen molar-refractivity contribution in [3.63, 3.8) is 0 Å². The van der Waals surface area contributed by atoms with Crippen molar-refractivity contribution in [2.45, 2.75) is 303 Å². The summed E-state index contributed by atoms with van der Waals surface area (Å²) in [6.07, 6.45) is 90.5. The standard InChI is InChI=1S/C72H120O6/c1-4-7-10-13-16-19-22-25-28-30-32-33-34-35-36-37-38-39-41-42-44-47-50-53-56-59-62-65-71(74)77-68-69(67-76-70(73)64-61-58-55-52-49-46-27-24-21-18-15-12-9-6-3)78-72(75)66-63-60-57-54-51-48-45-43-40-31-29-26-23-20-17-14-11-8-5-2/h7,10,15-20,24-29,32-33,35-36,38-39,69H,4-6,8-9,11-14,21-23,30-31,34,37,40-68H2,1-3H3/b10-7-,18-15-,19-16-,20-17-,27-24-,28-25-,29-26-,33-32-,36-35-,39-38-. The van der Waals surface area contributed by atoms with Crippen LogP contribution >= 0.6 is 0 Å². The molecule has 1 unspecified atom stereocenters. The summed E-state index contributed by atoms with van der Waals surface area (Å²) in [5.74, 6) is -0.911. The fraction of sp³-hybridized carbons (Fsp3) is 0.681. The molecule has 78 heavy (non-hydrogen) atoms. The molecule has 0 fully saturated rings. The van der Waals surface area contributed by atoms with E-state index in [1.807, 2.05) is 0 Å². The Kier molecular flexibility index (Phi) is 61.8. The van der Waals surface area contributed by atoms with E-state index < -0.39 is 6.10 Å². The predicted molar refractivity (Wildman–Crippen MR) is 339 cm³/mol. The average molecular weight is 1080 g/mol. The number of unbranched alkanes of at least 4 members (excludes halogenated alkanes) is 27. The number of carbonyl (C=O) groups excluding carboxylic acids is 3. The topological polar surface area (TPSA) is 78.9 Å². The van der Waals surface area contributed by atoms with E-state index in [0.717, 1.165) is 135 Å². The lowest BCUT2D eigenvalue weighted by molar-refractivity contribution is -0.167. The summed E-state index contributed by atoms with van der Waals surface area (Å²) in [4.78, 5) is 38.3. The number of hydrogen-bond acceptors (Lipinski definition) is 6. The highest BCUT2D eigenvalue weighted by molar-refractivity contribution is 5.71. The van der Waals surface area contributed by atoms with Crippen LogP contribution in [0.1, 0.15) is 297 Å². The maximum absolute atomic E-state index is 12.9. The Hall–Kier alpha value is -4.19. The monoisotopic (exact) mass is 1080 g/mol. The smallest absolute Gasteiger partial charge is 0.306 e. The average Bonchev–Trinajstić information content (AvgIpc) is 3.44. The van der Waals surface area contributed by atoms with Gasteiger partial charge in [0.2, 0.25) is 0 Å². The van der Waals surface area contributed by atoms with Crippen LogP contribution in [0.2, 0.25) is 0 Å². The summed E-state index contributed by atoms with van der Waals surface area (Å²) in [5.41, 5.74) is 0. The lowest BCUT2D eigenvalue weighted by atomic mass is 10.1. The number of hydrogen-bond donors (Lipinski definition) is 0. The van der Waals surface area contributed by atoms with Gasteiger partial charge in [-0.1, -0.05) is 271 Å². The Morgan fingerprint density at radius 1 is 0.269 bits per heavy atom. The highest BCUT2D eigenvalue weighted by Gasteiger charge is 2.19. The van der Waals surface area contributed by atoms with Gasteiger partial charge in [0.25, 0.3) is 0 Å². The first-order valence-corrected chi connectivity index (χ1v) is 32.5. The van der Waals surface area contributed by atoms with Gasteiger partial charge in [-0.15, -0.1) is 0 Å². The van der Waals surface area contributed by atoms with E-state index in [1.165, 1.54) is 122 Å². The number of carbonyl (C=O) groups is 3. The molecule has 0 N–H and O–H groups in total. The maximum Gasteiger partial charge on any atom is 0.306 e. The Morgan fingerprint density at radius 3 is 0.821 bits per heavy atom. The molecule has 0 aromatic rings. The fourth-order valence-electron chi connectivity index (χ4n) is 8.79. The molecule has 6 nitrogen and oxygen atoms in total. The van der Waals surface area contributed by atoms with E-state index >= 15 is 0 Å². The van der Waals surface area contributed by atoms with E-state index in [1.54, 1.807) is 0 Å². The zero-order valence-corrected chi connectivity index (χ0v) is 50.9. The second kappa shape index (κ2) is 65.3. The van der Waals surface area contributed by atoms with E-state index in [9.17, 15) is 14.4 Å². The number of esters is 3. The Morgan fingerprint density at radius 2 is 0.513 bits per heavy atom. The second-order valence-electron chi connectivity index (χ2n) is 21.3. The van der Waals surface area contributed by atoms with E-state index in [4.69, 9.17) is 14.2 Å². The van der Waals surface area contributed by atoms with Gasteiger partial charge in [-0.2, -0.15) is 0 Å². The first kappa shape index (κ1) is 73.8. The van der Waals surface area contributed by atoms with Crippen LogP contribution in [0.15, 0.2) is 122 Å². The molecule has 0 aromatic heterocycles.